The highest BCUT2D eigenvalue weighted by molar-refractivity contribution is 8.14. The molecule has 7 heteroatoms. The Labute approximate surface area is 98.3 Å². The van der Waals surface area contributed by atoms with Crippen molar-refractivity contribution in [3.63, 3.8) is 0 Å². The van der Waals surface area contributed by atoms with Crippen LogP contribution in [0.25, 0.3) is 0 Å². The van der Waals surface area contributed by atoms with Crippen molar-refractivity contribution in [2.24, 2.45) is 10.7 Å². The maximum absolute atomic E-state index is 9.96. The summed E-state index contributed by atoms with van der Waals surface area (Å²) in [5.74, 6) is 0. The molecule has 92 valence electrons. The lowest BCUT2D eigenvalue weighted by atomic mass is 9.96. The Morgan fingerprint density at radius 1 is 1.50 bits per heavy atom. The van der Waals surface area contributed by atoms with Crippen LogP contribution in [0.2, 0.25) is 0 Å². The smallest absolute Gasteiger partial charge is 0.159 e. The van der Waals surface area contributed by atoms with E-state index in [0.29, 0.717) is 13.0 Å². The summed E-state index contributed by atoms with van der Waals surface area (Å²) in [6.45, 7) is 0.429. The fraction of sp³-hybridized carbons (Fsp3) is 0.889. The topological polar surface area (TPSA) is 100 Å². The van der Waals surface area contributed by atoms with Crippen LogP contribution in [0, 0.1) is 0 Å². The molecule has 0 aromatic heterocycles. The first-order valence-corrected chi connectivity index (χ1v) is 6.17. The van der Waals surface area contributed by atoms with Gasteiger partial charge in [-0.15, -0.1) is 0 Å². The standard InChI is InChI=1S/C9H17N3O3S/c1-11-9-12-5-7(14)6(13)4(2-3-10)15-8(5)16-9/h4-8,13-14H,2-3,10H2,1H3,(H,11,12). The average molecular weight is 247 g/mol. The minimum atomic E-state index is -0.894. The van der Waals surface area contributed by atoms with E-state index in [1.807, 2.05) is 0 Å². The summed E-state index contributed by atoms with van der Waals surface area (Å²) in [5, 5.41) is 23.6. The van der Waals surface area contributed by atoms with Crippen LogP contribution >= 0.6 is 11.8 Å². The van der Waals surface area contributed by atoms with Crippen molar-refractivity contribution in [3.8, 4) is 0 Å². The summed E-state index contributed by atoms with van der Waals surface area (Å²) in [4.78, 5) is 4.01. The van der Waals surface area contributed by atoms with Crippen molar-refractivity contribution in [2.75, 3.05) is 13.6 Å². The second-order valence-electron chi connectivity index (χ2n) is 3.92. The molecule has 6 nitrogen and oxygen atoms in total. The van der Waals surface area contributed by atoms with Gasteiger partial charge in [0.15, 0.2) is 5.17 Å². The highest BCUT2D eigenvalue weighted by Gasteiger charge is 2.48. The van der Waals surface area contributed by atoms with E-state index in [9.17, 15) is 10.2 Å². The number of aliphatic hydroxyl groups is 2. The van der Waals surface area contributed by atoms with E-state index in [1.165, 1.54) is 11.8 Å². The first-order valence-electron chi connectivity index (χ1n) is 5.29. The zero-order valence-corrected chi connectivity index (χ0v) is 9.85. The van der Waals surface area contributed by atoms with Gasteiger partial charge in [0.1, 0.15) is 17.6 Å². The molecule has 2 rings (SSSR count). The number of rotatable bonds is 2. The van der Waals surface area contributed by atoms with Crippen molar-refractivity contribution < 1.29 is 14.9 Å². The minimum absolute atomic E-state index is 0.200. The Kier molecular flexibility index (Phi) is 3.70. The number of aliphatic hydroxyl groups excluding tert-OH is 2. The van der Waals surface area contributed by atoms with E-state index < -0.39 is 18.3 Å². The molecule has 2 saturated heterocycles. The summed E-state index contributed by atoms with van der Waals surface area (Å²) in [7, 11) is 1.67. The summed E-state index contributed by atoms with van der Waals surface area (Å²) < 4.78 is 5.70. The van der Waals surface area contributed by atoms with Crippen molar-refractivity contribution in [3.05, 3.63) is 0 Å². The number of hydrogen-bond acceptors (Lipinski definition) is 6. The van der Waals surface area contributed by atoms with Crippen LogP contribution in [0.3, 0.4) is 0 Å². The van der Waals surface area contributed by atoms with Crippen LogP contribution in [-0.2, 0) is 4.74 Å². The van der Waals surface area contributed by atoms with Gasteiger partial charge in [0.2, 0.25) is 0 Å². The molecule has 2 aliphatic heterocycles. The number of nitrogens with two attached hydrogens (primary N) is 1. The van der Waals surface area contributed by atoms with Crippen LogP contribution < -0.4 is 11.1 Å². The van der Waals surface area contributed by atoms with Crippen LogP contribution in [0.1, 0.15) is 6.42 Å². The Balaban J connectivity index is 2.09. The van der Waals surface area contributed by atoms with E-state index in [0.717, 1.165) is 5.17 Å². The van der Waals surface area contributed by atoms with Crippen LogP contribution in [0.15, 0.2) is 4.99 Å². The normalized spacial score (nSPS) is 45.5. The van der Waals surface area contributed by atoms with Crippen molar-refractivity contribution in [2.45, 2.75) is 36.2 Å². The monoisotopic (exact) mass is 247 g/mol. The number of nitrogens with one attached hydrogen (secondary N) is 1. The molecule has 2 aliphatic rings. The molecular formula is C9H17N3O3S. The van der Waals surface area contributed by atoms with E-state index in [4.69, 9.17) is 10.5 Å². The fourth-order valence-electron chi connectivity index (χ4n) is 1.99. The zero-order chi connectivity index (χ0) is 11.7. The highest BCUT2D eigenvalue weighted by Crippen LogP contribution is 2.34. The van der Waals surface area contributed by atoms with Gasteiger partial charge >= 0.3 is 0 Å². The molecular weight excluding hydrogens is 230 g/mol. The van der Waals surface area contributed by atoms with E-state index >= 15 is 0 Å². The van der Waals surface area contributed by atoms with Crippen LogP contribution in [-0.4, -0.2) is 58.8 Å². The van der Waals surface area contributed by atoms with Gasteiger partial charge in [0.05, 0.1) is 12.1 Å². The van der Waals surface area contributed by atoms with E-state index in [2.05, 4.69) is 10.3 Å². The van der Waals surface area contributed by atoms with Crippen molar-refractivity contribution in [1.82, 2.24) is 5.32 Å². The molecule has 5 N–H and O–H groups in total. The Morgan fingerprint density at radius 3 is 2.88 bits per heavy atom. The summed E-state index contributed by atoms with van der Waals surface area (Å²) in [6.07, 6.45) is -1.59. The lowest BCUT2D eigenvalue weighted by Crippen LogP contribution is -2.59. The molecule has 0 spiro atoms. The fourth-order valence-corrected chi connectivity index (χ4v) is 3.10. The Bertz CT molecular complexity index is 289. The molecule has 0 saturated carbocycles. The van der Waals surface area contributed by atoms with Crippen LogP contribution in [0.5, 0.6) is 0 Å². The molecule has 0 aromatic rings. The molecule has 0 bridgehead atoms. The van der Waals surface area contributed by atoms with Gasteiger partial charge < -0.3 is 26.0 Å². The first kappa shape index (κ1) is 12.1. The van der Waals surface area contributed by atoms with Gasteiger partial charge in [-0.05, 0) is 13.0 Å². The van der Waals surface area contributed by atoms with Gasteiger partial charge in [-0.3, -0.25) is 4.99 Å². The molecule has 2 heterocycles. The predicted molar refractivity (Wildman–Crippen MR) is 62.2 cm³/mol. The molecule has 0 amide bonds. The maximum Gasteiger partial charge on any atom is 0.159 e. The van der Waals surface area contributed by atoms with E-state index in [-0.39, 0.29) is 11.5 Å². The first-order chi connectivity index (χ1) is 7.67. The predicted octanol–water partition coefficient (Wildman–Crippen LogP) is -1.53. The van der Waals surface area contributed by atoms with Gasteiger partial charge in [-0.25, -0.2) is 0 Å². The second-order valence-corrected chi connectivity index (χ2v) is 5.01. The van der Waals surface area contributed by atoms with Gasteiger partial charge in [0, 0.05) is 7.05 Å². The van der Waals surface area contributed by atoms with Gasteiger partial charge in [-0.2, -0.15) is 0 Å². The maximum atomic E-state index is 9.96. The largest absolute Gasteiger partial charge is 0.388 e. The number of hydrogen-bond donors (Lipinski definition) is 4. The Hall–Kier alpha value is -0.340. The van der Waals surface area contributed by atoms with Gasteiger partial charge in [-0.1, -0.05) is 11.8 Å². The quantitative estimate of drug-likeness (QED) is 0.472. The molecule has 16 heavy (non-hydrogen) atoms. The van der Waals surface area contributed by atoms with Crippen LogP contribution in [0.4, 0.5) is 0 Å². The average Bonchev–Trinajstić information content (AvgIpc) is 2.69. The number of fused-ring (bicyclic) bond motifs is 1. The molecule has 0 radical (unpaired) electrons. The molecule has 5 unspecified atom stereocenters. The lowest BCUT2D eigenvalue weighted by Gasteiger charge is -2.38. The van der Waals surface area contributed by atoms with Crippen molar-refractivity contribution in [1.29, 1.82) is 0 Å². The number of amidine groups is 1. The number of ether oxygens (including phenoxy) is 1. The highest BCUT2D eigenvalue weighted by atomic mass is 32.2. The second kappa shape index (κ2) is 4.89. The zero-order valence-electron chi connectivity index (χ0n) is 9.04. The third kappa shape index (κ3) is 2.05. The summed E-state index contributed by atoms with van der Waals surface area (Å²) >= 11 is 1.43. The van der Waals surface area contributed by atoms with E-state index in [1.54, 1.807) is 7.05 Å². The number of thioether (sulfide) groups is 1. The number of nitrogens with zero attached hydrogens (tertiary/aromatic N) is 1. The van der Waals surface area contributed by atoms with Crippen molar-refractivity contribution >= 4 is 16.9 Å². The third-order valence-electron chi connectivity index (χ3n) is 2.87. The molecule has 2 fully saturated rings. The van der Waals surface area contributed by atoms with Gasteiger partial charge in [0.25, 0.3) is 0 Å². The third-order valence-corrected chi connectivity index (χ3v) is 4.03. The summed E-state index contributed by atoms with van der Waals surface area (Å²) in [5.41, 5.74) is 5.24. The Morgan fingerprint density at radius 2 is 2.25 bits per heavy atom. The lowest BCUT2D eigenvalue weighted by molar-refractivity contribution is -0.156. The molecule has 0 aromatic carbocycles. The molecule has 0 aliphatic carbocycles. The summed E-state index contributed by atoms with van der Waals surface area (Å²) in [6, 6.07) is -0.298. The minimum Gasteiger partial charge on any atom is -0.388 e. The SMILES string of the molecule is CN=C1NC2C(OC(CCN)C(O)C2O)S1. The molecule has 5 atom stereocenters. The number of aliphatic imine (C=N–C) groups is 1.